The molecule has 28 heavy (non-hydrogen) atoms. The topological polar surface area (TPSA) is 214 Å². The molecule has 160 valence electrons. The Labute approximate surface area is 162 Å². The highest BCUT2D eigenvalue weighted by Gasteiger charge is 2.31. The van der Waals surface area contributed by atoms with Crippen LogP contribution in [0.3, 0.4) is 0 Å². The fraction of sp³-hybridized carbons (Fsp3) is 0.688. The van der Waals surface area contributed by atoms with E-state index in [1.165, 1.54) is 6.92 Å². The minimum atomic E-state index is -1.58. The molecule has 4 unspecified atom stereocenters. The van der Waals surface area contributed by atoms with E-state index in [4.69, 9.17) is 21.7 Å². The van der Waals surface area contributed by atoms with Gasteiger partial charge < -0.3 is 37.6 Å². The molecule has 0 aromatic carbocycles. The number of carboxylic acids is 1. The second kappa shape index (κ2) is 11.9. The summed E-state index contributed by atoms with van der Waals surface area (Å²) < 4.78 is 0. The number of aliphatic carboxylic acids is 1. The van der Waals surface area contributed by atoms with E-state index in [1.807, 2.05) is 0 Å². The van der Waals surface area contributed by atoms with Crippen LogP contribution in [0.5, 0.6) is 0 Å². The molecule has 0 spiro atoms. The van der Waals surface area contributed by atoms with Crippen LogP contribution < -0.4 is 27.4 Å². The van der Waals surface area contributed by atoms with E-state index in [2.05, 4.69) is 16.0 Å². The second-order valence-electron chi connectivity index (χ2n) is 6.67. The largest absolute Gasteiger partial charge is 0.480 e. The lowest BCUT2D eigenvalue weighted by Gasteiger charge is -2.26. The number of carboxylic acid groups (broad SMARTS) is 1. The minimum Gasteiger partial charge on any atom is -0.480 e. The third kappa shape index (κ3) is 8.77. The molecule has 12 heteroatoms. The number of hydrogen-bond donors (Lipinski definition) is 7. The van der Waals surface area contributed by atoms with Gasteiger partial charge in [-0.25, -0.2) is 4.79 Å². The summed E-state index contributed by atoms with van der Waals surface area (Å²) in [5.41, 5.74) is 10.5. The third-order valence-electron chi connectivity index (χ3n) is 3.77. The van der Waals surface area contributed by atoms with Gasteiger partial charge in [0.2, 0.25) is 23.6 Å². The van der Waals surface area contributed by atoms with E-state index in [1.54, 1.807) is 13.8 Å². The molecule has 0 bridgehead atoms. The SMILES string of the molecule is CC(N)C(=O)NC(C(=O)NC(CCC(N)=O)C(=O)NC(CO)C(=O)O)C(C)C. The number of nitrogens with one attached hydrogen (secondary N) is 3. The maximum Gasteiger partial charge on any atom is 0.328 e. The maximum atomic E-state index is 12.6. The number of nitrogens with two attached hydrogens (primary N) is 2. The van der Waals surface area contributed by atoms with Crippen LogP contribution in [0.15, 0.2) is 0 Å². The first-order valence-electron chi connectivity index (χ1n) is 8.69. The van der Waals surface area contributed by atoms with Crippen molar-refractivity contribution in [3.8, 4) is 0 Å². The summed E-state index contributed by atoms with van der Waals surface area (Å²) in [6, 6.07) is -4.76. The van der Waals surface area contributed by atoms with Crippen molar-refractivity contribution in [1.29, 1.82) is 0 Å². The molecule has 0 aliphatic rings. The Hall–Kier alpha value is -2.73. The van der Waals surface area contributed by atoms with Gasteiger partial charge in [0.1, 0.15) is 18.1 Å². The standard InChI is InChI=1S/C16H29N5O7/c1-7(2)12(21-13(24)8(3)17)15(26)19-9(4-5-11(18)23)14(25)20-10(6-22)16(27)28/h7-10,12,22H,4-6,17H2,1-3H3,(H2,18,23)(H,19,26)(H,20,25)(H,21,24)(H,27,28). The van der Waals surface area contributed by atoms with E-state index in [9.17, 15) is 24.0 Å². The van der Waals surface area contributed by atoms with E-state index in [0.717, 1.165) is 0 Å². The molecule has 0 aliphatic carbocycles. The minimum absolute atomic E-state index is 0.198. The van der Waals surface area contributed by atoms with Crippen LogP contribution in [0.25, 0.3) is 0 Å². The number of amides is 4. The number of primary amides is 1. The van der Waals surface area contributed by atoms with Gasteiger partial charge in [-0.15, -0.1) is 0 Å². The van der Waals surface area contributed by atoms with Crippen LogP contribution in [0, 0.1) is 5.92 Å². The van der Waals surface area contributed by atoms with Crippen LogP contribution in [0.1, 0.15) is 33.6 Å². The number of hydrogen-bond acceptors (Lipinski definition) is 7. The Morgan fingerprint density at radius 3 is 1.82 bits per heavy atom. The first-order chi connectivity index (χ1) is 12.9. The molecule has 0 rings (SSSR count). The summed E-state index contributed by atoms with van der Waals surface area (Å²) in [6.45, 7) is 3.90. The van der Waals surface area contributed by atoms with Gasteiger partial charge in [0.05, 0.1) is 12.6 Å². The van der Waals surface area contributed by atoms with Crippen molar-refractivity contribution in [2.75, 3.05) is 6.61 Å². The summed E-state index contributed by atoms with van der Waals surface area (Å²) in [6.07, 6.45) is -0.454. The van der Waals surface area contributed by atoms with Gasteiger partial charge in [-0.2, -0.15) is 0 Å². The molecule has 0 aromatic heterocycles. The Kier molecular flexibility index (Phi) is 10.7. The Bertz CT molecular complexity index is 594. The highest BCUT2D eigenvalue weighted by molar-refractivity contribution is 5.94. The molecule has 12 nitrogen and oxygen atoms in total. The van der Waals surface area contributed by atoms with Crippen molar-refractivity contribution in [2.45, 2.75) is 57.8 Å². The van der Waals surface area contributed by atoms with Crippen LogP contribution in [0.2, 0.25) is 0 Å². The third-order valence-corrected chi connectivity index (χ3v) is 3.77. The monoisotopic (exact) mass is 403 g/mol. The molecule has 0 heterocycles. The number of carbonyl (C=O) groups excluding carboxylic acids is 4. The molecule has 0 fully saturated rings. The maximum absolute atomic E-state index is 12.6. The highest BCUT2D eigenvalue weighted by Crippen LogP contribution is 2.05. The second-order valence-corrected chi connectivity index (χ2v) is 6.67. The molecule has 0 aromatic rings. The van der Waals surface area contributed by atoms with Gasteiger partial charge in [0, 0.05) is 6.42 Å². The normalized spacial score (nSPS) is 15.1. The molecular formula is C16H29N5O7. The molecule has 9 N–H and O–H groups in total. The van der Waals surface area contributed by atoms with E-state index < -0.39 is 60.4 Å². The molecule has 0 saturated carbocycles. The van der Waals surface area contributed by atoms with Gasteiger partial charge in [-0.05, 0) is 19.3 Å². The lowest BCUT2D eigenvalue weighted by molar-refractivity contribution is -0.143. The number of rotatable bonds is 12. The molecular weight excluding hydrogens is 374 g/mol. The van der Waals surface area contributed by atoms with Crippen LogP contribution >= 0.6 is 0 Å². The first-order valence-corrected chi connectivity index (χ1v) is 8.69. The summed E-state index contributed by atoms with van der Waals surface area (Å²) in [4.78, 5) is 58.7. The van der Waals surface area contributed by atoms with Crippen molar-refractivity contribution in [3.63, 3.8) is 0 Å². The van der Waals surface area contributed by atoms with E-state index in [0.29, 0.717) is 0 Å². The van der Waals surface area contributed by atoms with Crippen molar-refractivity contribution in [3.05, 3.63) is 0 Å². The zero-order valence-corrected chi connectivity index (χ0v) is 16.1. The smallest absolute Gasteiger partial charge is 0.328 e. The van der Waals surface area contributed by atoms with Crippen molar-refractivity contribution < 1.29 is 34.2 Å². The fourth-order valence-electron chi connectivity index (χ4n) is 2.09. The number of aliphatic hydroxyl groups is 1. The fourth-order valence-corrected chi connectivity index (χ4v) is 2.09. The highest BCUT2D eigenvalue weighted by atomic mass is 16.4. The van der Waals surface area contributed by atoms with Gasteiger partial charge in [-0.1, -0.05) is 13.8 Å². The summed E-state index contributed by atoms with van der Waals surface area (Å²) in [5.74, 6) is -4.76. The van der Waals surface area contributed by atoms with Gasteiger partial charge in [-0.3, -0.25) is 19.2 Å². The van der Waals surface area contributed by atoms with Gasteiger partial charge in [0.15, 0.2) is 0 Å². The Balaban J connectivity index is 5.34. The summed E-state index contributed by atoms with van der Waals surface area (Å²) in [7, 11) is 0. The van der Waals surface area contributed by atoms with Crippen molar-refractivity contribution >= 4 is 29.6 Å². The summed E-state index contributed by atoms with van der Waals surface area (Å²) >= 11 is 0. The first kappa shape index (κ1) is 25.3. The van der Waals surface area contributed by atoms with Crippen LogP contribution in [-0.2, 0) is 24.0 Å². The zero-order valence-electron chi connectivity index (χ0n) is 16.1. The van der Waals surface area contributed by atoms with Gasteiger partial charge >= 0.3 is 5.97 Å². The quantitative estimate of drug-likeness (QED) is 0.175. The Morgan fingerprint density at radius 1 is 0.893 bits per heavy atom. The number of carbonyl (C=O) groups is 5. The predicted molar refractivity (Wildman–Crippen MR) is 97.4 cm³/mol. The number of aliphatic hydroxyl groups excluding tert-OH is 1. The zero-order chi connectivity index (χ0) is 22.0. The summed E-state index contributed by atoms with van der Waals surface area (Å²) in [5, 5.41) is 24.8. The molecule has 0 aliphatic heterocycles. The molecule has 0 saturated heterocycles. The molecule has 4 atom stereocenters. The average Bonchev–Trinajstić information content (AvgIpc) is 2.59. The van der Waals surface area contributed by atoms with Gasteiger partial charge in [0.25, 0.3) is 0 Å². The van der Waals surface area contributed by atoms with Crippen LogP contribution in [-0.4, -0.2) is 70.6 Å². The molecule has 0 radical (unpaired) electrons. The van der Waals surface area contributed by atoms with E-state index >= 15 is 0 Å². The Morgan fingerprint density at radius 2 is 1.43 bits per heavy atom. The average molecular weight is 403 g/mol. The lowest BCUT2D eigenvalue weighted by atomic mass is 10.0. The molecule has 4 amide bonds. The lowest BCUT2D eigenvalue weighted by Crippen LogP contribution is -2.58. The van der Waals surface area contributed by atoms with Crippen molar-refractivity contribution in [1.82, 2.24) is 16.0 Å². The predicted octanol–water partition coefficient (Wildman–Crippen LogP) is -3.21. The van der Waals surface area contributed by atoms with Crippen molar-refractivity contribution in [2.24, 2.45) is 17.4 Å². The van der Waals surface area contributed by atoms with E-state index in [-0.39, 0.29) is 18.8 Å². The van der Waals surface area contributed by atoms with Crippen LogP contribution in [0.4, 0.5) is 0 Å².